The Bertz CT molecular complexity index is 1850. The molecule has 0 spiro atoms. The fourth-order valence-electron chi connectivity index (χ4n) is 5.17. The Morgan fingerprint density at radius 2 is 1.94 bits per heavy atom. The number of carbonyl (C=O) groups excluding carboxylic acids is 5. The van der Waals surface area contributed by atoms with Gasteiger partial charge in [0.15, 0.2) is 0 Å². The highest BCUT2D eigenvalue weighted by molar-refractivity contribution is 8.00. The Labute approximate surface area is 292 Å². The number of benzene rings is 2. The molecular formula is C31H27Cl2N5O10S. The first-order valence-corrected chi connectivity index (χ1v) is 16.1. The van der Waals surface area contributed by atoms with Gasteiger partial charge in [0.05, 0.1) is 13.3 Å². The molecule has 1 saturated heterocycles. The number of hydrogen-bond acceptors (Lipinski definition) is 11. The highest BCUT2D eigenvalue weighted by atomic mass is 35.5. The number of alkyl halides is 2. The van der Waals surface area contributed by atoms with Crippen molar-refractivity contribution in [2.45, 2.75) is 35.4 Å². The molecule has 4 N–H and O–H groups in total. The maximum absolute atomic E-state index is 13.9. The zero-order valence-electron chi connectivity index (χ0n) is 25.6. The molecule has 18 heteroatoms. The number of esters is 2. The molecule has 0 bridgehead atoms. The summed E-state index contributed by atoms with van der Waals surface area (Å²) in [6, 6.07) is 12.0. The van der Waals surface area contributed by atoms with Crippen LogP contribution in [0.4, 0.5) is 5.69 Å². The van der Waals surface area contributed by atoms with Gasteiger partial charge in [0.25, 0.3) is 10.4 Å². The number of ether oxygens (including phenoxy) is 3. The molecule has 49 heavy (non-hydrogen) atoms. The van der Waals surface area contributed by atoms with E-state index < -0.39 is 57.3 Å². The average molecular weight is 733 g/mol. The summed E-state index contributed by atoms with van der Waals surface area (Å²) in [5, 5.41) is 14.2. The van der Waals surface area contributed by atoms with Gasteiger partial charge in [-0.1, -0.05) is 47.5 Å². The molecule has 256 valence electrons. The van der Waals surface area contributed by atoms with Crippen molar-refractivity contribution in [3.63, 3.8) is 0 Å². The Morgan fingerprint density at radius 3 is 2.59 bits per heavy atom. The molecule has 3 atom stereocenters. The van der Waals surface area contributed by atoms with Crippen LogP contribution in [0, 0.1) is 0 Å². The first-order valence-electron chi connectivity index (χ1n) is 14.3. The second-order valence-electron chi connectivity index (χ2n) is 10.6. The van der Waals surface area contributed by atoms with Crippen LogP contribution in [0.3, 0.4) is 0 Å². The molecule has 2 aliphatic heterocycles. The number of carboxylic acids is 1. The quantitative estimate of drug-likeness (QED) is 0.0867. The average Bonchev–Trinajstić information content (AvgIpc) is 3.55. The Kier molecular flexibility index (Phi) is 10.5. The number of anilines is 1. The van der Waals surface area contributed by atoms with Gasteiger partial charge in [0.2, 0.25) is 12.3 Å². The van der Waals surface area contributed by atoms with E-state index in [0.29, 0.717) is 29.0 Å². The summed E-state index contributed by atoms with van der Waals surface area (Å²) in [7, 11) is 1.53. The Hall–Kier alpha value is -5.06. The monoisotopic (exact) mass is 731 g/mol. The smallest absolute Gasteiger partial charge is 0.356 e. The molecule has 3 amide bonds. The van der Waals surface area contributed by atoms with Crippen LogP contribution in [0.2, 0.25) is 0 Å². The van der Waals surface area contributed by atoms with Gasteiger partial charge in [-0.05, 0) is 35.4 Å². The Balaban J connectivity index is 1.38. The van der Waals surface area contributed by atoms with Crippen LogP contribution in [0.1, 0.15) is 40.3 Å². The zero-order valence-corrected chi connectivity index (χ0v) is 27.9. The van der Waals surface area contributed by atoms with Gasteiger partial charge in [0.1, 0.15) is 46.9 Å². The van der Waals surface area contributed by atoms with Crippen LogP contribution in [0.15, 0.2) is 66.0 Å². The number of fused-ring (bicyclic) bond motifs is 1. The number of aliphatic carboxylic acids is 1. The predicted octanol–water partition coefficient (Wildman–Crippen LogP) is 2.91. The predicted molar refractivity (Wildman–Crippen MR) is 175 cm³/mol. The molecule has 2 aliphatic rings. The van der Waals surface area contributed by atoms with Gasteiger partial charge in [-0.15, -0.1) is 11.8 Å². The summed E-state index contributed by atoms with van der Waals surface area (Å²) in [4.78, 5) is 83.1. The van der Waals surface area contributed by atoms with Crippen LogP contribution < -0.4 is 15.4 Å². The number of thioether (sulfide) groups is 1. The number of β-lactam (4-membered cyclic amide) rings is 1. The number of nitrogens with zero attached hydrogens (tertiary/aromatic N) is 2. The van der Waals surface area contributed by atoms with Gasteiger partial charge >= 0.3 is 17.9 Å². The van der Waals surface area contributed by atoms with E-state index in [0.717, 1.165) is 23.6 Å². The number of imidazole rings is 1. The molecule has 1 fully saturated rings. The number of rotatable bonds is 13. The number of hydrogen-bond donors (Lipinski definition) is 4. The highest BCUT2D eigenvalue weighted by Gasteiger charge is 2.57. The van der Waals surface area contributed by atoms with Crippen LogP contribution >= 0.6 is 35.0 Å². The third-order valence-electron chi connectivity index (χ3n) is 7.42. The topological polar surface area (TPSA) is 206 Å². The van der Waals surface area contributed by atoms with Crippen molar-refractivity contribution in [2.24, 2.45) is 0 Å². The summed E-state index contributed by atoms with van der Waals surface area (Å²) >= 11 is 13.4. The van der Waals surface area contributed by atoms with Crippen molar-refractivity contribution in [3.05, 3.63) is 88.6 Å². The van der Waals surface area contributed by atoms with Gasteiger partial charge in [-0.3, -0.25) is 24.1 Å². The molecule has 1 unspecified atom stereocenters. The molecule has 0 radical (unpaired) electrons. The lowest BCUT2D eigenvalue weighted by atomic mass is 9.95. The van der Waals surface area contributed by atoms with Gasteiger partial charge in [-0.25, -0.2) is 14.6 Å². The molecule has 3 heterocycles. The fourth-order valence-corrected chi connectivity index (χ4v) is 7.27. The molecule has 15 nitrogen and oxygen atoms in total. The summed E-state index contributed by atoms with van der Waals surface area (Å²) in [5.74, 6) is -5.42. The lowest BCUT2D eigenvalue weighted by molar-refractivity contribution is -0.151. The lowest BCUT2D eigenvalue weighted by Gasteiger charge is -2.50. The van der Waals surface area contributed by atoms with Crippen LogP contribution in [0.25, 0.3) is 0 Å². The van der Waals surface area contributed by atoms with E-state index in [4.69, 9.17) is 37.4 Å². The molecule has 1 aromatic heterocycles. The molecule has 3 aromatic rings. The Morgan fingerprint density at radius 1 is 1.20 bits per heavy atom. The molecule has 0 aliphatic carbocycles. The van der Waals surface area contributed by atoms with E-state index in [1.807, 2.05) is 0 Å². The van der Waals surface area contributed by atoms with Crippen molar-refractivity contribution in [3.8, 4) is 5.75 Å². The van der Waals surface area contributed by atoms with Crippen molar-refractivity contribution >= 4 is 76.8 Å². The van der Waals surface area contributed by atoms with Crippen LogP contribution in [0.5, 0.6) is 5.75 Å². The minimum absolute atomic E-state index is 0.0147. The molecular weight excluding hydrogens is 705 g/mol. The minimum Gasteiger partial charge on any atom is -0.497 e. The van der Waals surface area contributed by atoms with Crippen molar-refractivity contribution in [1.82, 2.24) is 20.2 Å². The van der Waals surface area contributed by atoms with E-state index in [2.05, 4.69) is 20.6 Å². The fraction of sp³-hybridized carbons (Fsp3) is 0.258. The third kappa shape index (κ3) is 7.50. The molecule has 2 aromatic carbocycles. The molecule has 0 saturated carbocycles. The highest BCUT2D eigenvalue weighted by Crippen LogP contribution is 2.46. The van der Waals surface area contributed by atoms with Gasteiger partial charge in [0, 0.05) is 23.9 Å². The van der Waals surface area contributed by atoms with Crippen LogP contribution in [-0.2, 0) is 40.1 Å². The standard InChI is InChI=1S/C31H27Cl2N5O10S/c1-15(40)48-31(32,33)20-13-49-28-23(27(42)38(28)24(20)29(43)44)37-26(41)22(17-4-3-5-18(10-17)35-14-39)25-34-11-21(36-25)30(45)47-12-16-6-8-19(46-2)9-7-16/h3-11,14,22-23,28H,12-13H2,1-2H3,(H,34,36)(H,35,39)(H,37,41)(H,43,44)/t22?,23-,28+/m1/s1. The first kappa shape index (κ1) is 35.3. The summed E-state index contributed by atoms with van der Waals surface area (Å²) < 4.78 is 13.1. The lowest BCUT2D eigenvalue weighted by Crippen LogP contribution is -2.71. The van der Waals surface area contributed by atoms with Crippen molar-refractivity contribution in [1.29, 1.82) is 0 Å². The third-order valence-corrected chi connectivity index (χ3v) is 9.31. The second-order valence-corrected chi connectivity index (χ2v) is 12.9. The number of amides is 3. The number of carbonyl (C=O) groups is 6. The number of carboxylic acid groups (broad SMARTS) is 1. The number of aromatic nitrogens is 2. The van der Waals surface area contributed by atoms with E-state index in [9.17, 15) is 33.9 Å². The summed E-state index contributed by atoms with van der Waals surface area (Å²) in [5.41, 5.74) is 0.537. The first-order chi connectivity index (χ1) is 23.3. The van der Waals surface area contributed by atoms with Gasteiger partial charge < -0.3 is 34.9 Å². The second kappa shape index (κ2) is 14.6. The van der Waals surface area contributed by atoms with E-state index in [-0.39, 0.29) is 29.5 Å². The van der Waals surface area contributed by atoms with E-state index in [1.54, 1.807) is 42.5 Å². The number of halogens is 2. The maximum atomic E-state index is 13.9. The van der Waals surface area contributed by atoms with Crippen molar-refractivity contribution < 1.29 is 48.1 Å². The summed E-state index contributed by atoms with van der Waals surface area (Å²) in [6.45, 7) is 0.984. The minimum atomic E-state index is -2.36. The van der Waals surface area contributed by atoms with Crippen LogP contribution in [-0.4, -0.2) is 84.9 Å². The zero-order chi connectivity index (χ0) is 35.5. The number of nitrogens with one attached hydrogen (secondary N) is 3. The largest absolute Gasteiger partial charge is 0.497 e. The number of methoxy groups -OCH3 is 1. The van der Waals surface area contributed by atoms with Crippen molar-refractivity contribution in [2.75, 3.05) is 18.2 Å². The SMILES string of the molecule is COc1ccc(COC(=O)c2cnc(C(C(=O)N[C@@H]3C(=O)N4C(C(=O)O)=C(C(Cl)(Cl)OC(C)=O)CS[C@@H]34)c3cccc(NC=O)c3)[nH]2)cc1. The van der Waals surface area contributed by atoms with Gasteiger partial charge in [-0.2, -0.15) is 0 Å². The van der Waals surface area contributed by atoms with E-state index >= 15 is 0 Å². The maximum Gasteiger partial charge on any atom is 0.356 e. The number of H-pyrrole nitrogens is 1. The normalized spacial score (nSPS) is 17.6. The number of aromatic amines is 1. The molecule has 5 rings (SSSR count). The van der Waals surface area contributed by atoms with E-state index in [1.165, 1.54) is 19.4 Å². The summed E-state index contributed by atoms with van der Waals surface area (Å²) in [6.07, 6.45) is 1.66.